The molecule has 5 heteroatoms. The Morgan fingerprint density at radius 3 is 3.07 bits per heavy atom. The predicted octanol–water partition coefficient (Wildman–Crippen LogP) is 2.88. The van der Waals surface area contributed by atoms with Crippen molar-refractivity contribution in [3.8, 4) is 5.75 Å². The summed E-state index contributed by atoms with van der Waals surface area (Å²) in [4.78, 5) is 8.11. The van der Waals surface area contributed by atoms with Gasteiger partial charge in [0.25, 0.3) is 0 Å². The molecule has 0 spiro atoms. The Morgan fingerprint density at radius 1 is 1.43 bits per heavy atom. The molecule has 0 fully saturated rings. The molecular weight excluding hydrogens is 264 g/mol. The number of pyridine rings is 1. The van der Waals surface area contributed by atoms with Crippen molar-refractivity contribution >= 4 is 27.3 Å². The summed E-state index contributed by atoms with van der Waals surface area (Å²) in [6, 6.07) is 1.87. The Labute approximate surface area is 93.9 Å². The van der Waals surface area contributed by atoms with Gasteiger partial charge in [-0.05, 0) is 22.0 Å². The van der Waals surface area contributed by atoms with Gasteiger partial charge in [-0.3, -0.25) is 4.98 Å². The minimum Gasteiger partial charge on any atom is -0.486 e. The molecular formula is C9H7BrN2OS. The van der Waals surface area contributed by atoms with Gasteiger partial charge in [0.05, 0.1) is 17.4 Å². The summed E-state index contributed by atoms with van der Waals surface area (Å²) in [6.45, 7) is 0.488. The van der Waals surface area contributed by atoms with E-state index < -0.39 is 0 Å². The highest BCUT2D eigenvalue weighted by Gasteiger charge is 1.98. The Kier molecular flexibility index (Phi) is 3.10. The van der Waals surface area contributed by atoms with Gasteiger partial charge in [-0.1, -0.05) is 0 Å². The molecule has 14 heavy (non-hydrogen) atoms. The van der Waals surface area contributed by atoms with E-state index in [0.29, 0.717) is 6.61 Å². The largest absolute Gasteiger partial charge is 0.486 e. The van der Waals surface area contributed by atoms with Crippen molar-refractivity contribution in [1.29, 1.82) is 0 Å². The smallest absolute Gasteiger partial charge is 0.139 e. The Balaban J connectivity index is 1.98. The first kappa shape index (κ1) is 9.61. The van der Waals surface area contributed by atoms with Crippen molar-refractivity contribution in [1.82, 2.24) is 9.97 Å². The maximum atomic E-state index is 5.48. The van der Waals surface area contributed by atoms with Crippen LogP contribution in [0.15, 0.2) is 33.8 Å². The minimum atomic E-state index is 0.488. The molecule has 72 valence electrons. The van der Waals surface area contributed by atoms with E-state index in [1.165, 1.54) is 0 Å². The van der Waals surface area contributed by atoms with E-state index in [9.17, 15) is 0 Å². The van der Waals surface area contributed by atoms with Crippen LogP contribution in [0.5, 0.6) is 5.75 Å². The fourth-order valence-electron chi connectivity index (χ4n) is 0.937. The fraction of sp³-hybridized carbons (Fsp3) is 0.111. The molecule has 0 N–H and O–H groups in total. The number of nitrogens with zero attached hydrogens (tertiary/aromatic N) is 2. The Bertz CT molecular complexity index is 405. The number of aromatic nitrogens is 2. The highest BCUT2D eigenvalue weighted by molar-refractivity contribution is 9.10. The highest BCUT2D eigenvalue weighted by Crippen LogP contribution is 2.16. The highest BCUT2D eigenvalue weighted by atomic mass is 79.9. The van der Waals surface area contributed by atoms with Gasteiger partial charge in [0, 0.05) is 16.0 Å². The number of halogens is 1. The van der Waals surface area contributed by atoms with E-state index in [4.69, 9.17) is 4.74 Å². The zero-order valence-corrected chi connectivity index (χ0v) is 9.59. The summed E-state index contributed by atoms with van der Waals surface area (Å²) in [6.07, 6.45) is 3.40. The van der Waals surface area contributed by atoms with Gasteiger partial charge in [0.15, 0.2) is 0 Å². The maximum absolute atomic E-state index is 5.48. The molecule has 2 heterocycles. The van der Waals surface area contributed by atoms with Gasteiger partial charge in [-0.15, -0.1) is 11.3 Å². The normalized spacial score (nSPS) is 10.1. The summed E-state index contributed by atoms with van der Waals surface area (Å²) in [5.74, 6) is 0.743. The van der Waals surface area contributed by atoms with E-state index in [2.05, 4.69) is 25.9 Å². The summed E-state index contributed by atoms with van der Waals surface area (Å²) in [5, 5.41) is 1.96. The van der Waals surface area contributed by atoms with Gasteiger partial charge in [-0.25, -0.2) is 4.98 Å². The van der Waals surface area contributed by atoms with E-state index in [1.807, 2.05) is 11.4 Å². The molecule has 0 saturated heterocycles. The molecule has 2 rings (SSSR count). The van der Waals surface area contributed by atoms with Gasteiger partial charge >= 0.3 is 0 Å². The zero-order chi connectivity index (χ0) is 9.80. The maximum Gasteiger partial charge on any atom is 0.139 e. The zero-order valence-electron chi connectivity index (χ0n) is 7.18. The lowest BCUT2D eigenvalue weighted by molar-refractivity contribution is 0.300. The number of thiazole rings is 1. The first-order valence-corrected chi connectivity index (χ1v) is 5.68. The lowest BCUT2D eigenvalue weighted by Crippen LogP contribution is -1.95. The third-order valence-corrected chi connectivity index (χ3v) is 2.62. The van der Waals surface area contributed by atoms with E-state index in [-0.39, 0.29) is 0 Å². The summed E-state index contributed by atoms with van der Waals surface area (Å²) in [5.41, 5.74) is 2.73. The number of rotatable bonds is 3. The van der Waals surface area contributed by atoms with Gasteiger partial charge in [0.1, 0.15) is 12.4 Å². The first-order chi connectivity index (χ1) is 6.84. The Hall–Kier alpha value is -0.940. The lowest BCUT2D eigenvalue weighted by Gasteiger charge is -2.03. The second kappa shape index (κ2) is 4.52. The fourth-order valence-corrected chi connectivity index (χ4v) is 1.82. The van der Waals surface area contributed by atoms with Crippen LogP contribution in [0.2, 0.25) is 0 Å². The molecule has 0 saturated carbocycles. The van der Waals surface area contributed by atoms with Gasteiger partial charge in [0.2, 0.25) is 0 Å². The molecule has 0 aliphatic rings. The second-order valence-electron chi connectivity index (χ2n) is 2.61. The van der Waals surface area contributed by atoms with Crippen molar-refractivity contribution in [2.24, 2.45) is 0 Å². The summed E-state index contributed by atoms with van der Waals surface area (Å²) in [7, 11) is 0. The minimum absolute atomic E-state index is 0.488. The standard InChI is InChI=1S/C9H7BrN2OS/c10-7-1-9(3-11-2-7)13-4-8-5-14-6-12-8/h1-3,5-6H,4H2. The average molecular weight is 271 g/mol. The lowest BCUT2D eigenvalue weighted by atomic mass is 10.4. The molecule has 0 amide bonds. The van der Waals surface area contributed by atoms with Crippen molar-refractivity contribution in [2.45, 2.75) is 6.61 Å². The van der Waals surface area contributed by atoms with E-state index in [0.717, 1.165) is 15.9 Å². The number of hydrogen-bond donors (Lipinski definition) is 0. The van der Waals surface area contributed by atoms with Crippen molar-refractivity contribution in [3.63, 3.8) is 0 Å². The predicted molar refractivity (Wildman–Crippen MR) is 58.4 cm³/mol. The van der Waals surface area contributed by atoms with Crippen molar-refractivity contribution in [2.75, 3.05) is 0 Å². The van der Waals surface area contributed by atoms with Crippen LogP contribution in [0.25, 0.3) is 0 Å². The first-order valence-electron chi connectivity index (χ1n) is 3.95. The summed E-state index contributed by atoms with van der Waals surface area (Å²) < 4.78 is 6.39. The molecule has 0 atom stereocenters. The van der Waals surface area contributed by atoms with Crippen LogP contribution in [-0.4, -0.2) is 9.97 Å². The van der Waals surface area contributed by atoms with E-state index >= 15 is 0 Å². The van der Waals surface area contributed by atoms with Crippen LogP contribution in [0, 0.1) is 0 Å². The molecule has 0 bridgehead atoms. The molecule has 3 nitrogen and oxygen atoms in total. The monoisotopic (exact) mass is 270 g/mol. The van der Waals surface area contributed by atoms with Crippen LogP contribution in [-0.2, 0) is 6.61 Å². The third kappa shape index (κ3) is 2.52. The van der Waals surface area contributed by atoms with Gasteiger partial charge < -0.3 is 4.74 Å². The molecule has 0 aliphatic heterocycles. The Morgan fingerprint density at radius 2 is 2.36 bits per heavy atom. The quantitative estimate of drug-likeness (QED) is 0.861. The number of ether oxygens (including phenoxy) is 1. The van der Waals surface area contributed by atoms with Crippen LogP contribution < -0.4 is 4.74 Å². The topological polar surface area (TPSA) is 35.0 Å². The van der Waals surface area contributed by atoms with Crippen LogP contribution in [0.4, 0.5) is 0 Å². The second-order valence-corrected chi connectivity index (χ2v) is 4.24. The van der Waals surface area contributed by atoms with Crippen molar-refractivity contribution < 1.29 is 4.74 Å². The van der Waals surface area contributed by atoms with Crippen LogP contribution >= 0.6 is 27.3 Å². The third-order valence-electron chi connectivity index (χ3n) is 1.55. The number of hydrogen-bond acceptors (Lipinski definition) is 4. The van der Waals surface area contributed by atoms with Crippen molar-refractivity contribution in [3.05, 3.63) is 39.5 Å². The average Bonchev–Trinajstić information content (AvgIpc) is 2.67. The molecule has 0 aliphatic carbocycles. The van der Waals surface area contributed by atoms with Gasteiger partial charge in [-0.2, -0.15) is 0 Å². The molecule has 2 aromatic heterocycles. The molecule has 2 aromatic rings. The molecule has 0 radical (unpaired) electrons. The van der Waals surface area contributed by atoms with Crippen LogP contribution in [0.1, 0.15) is 5.69 Å². The summed E-state index contributed by atoms with van der Waals surface area (Å²) >= 11 is 4.89. The van der Waals surface area contributed by atoms with E-state index in [1.54, 1.807) is 29.2 Å². The SMILES string of the molecule is Brc1cncc(OCc2cscn2)c1. The van der Waals surface area contributed by atoms with Crippen LogP contribution in [0.3, 0.4) is 0 Å². The molecule has 0 unspecified atom stereocenters. The molecule has 0 aromatic carbocycles.